The Labute approximate surface area is 400 Å². The van der Waals surface area contributed by atoms with Crippen LogP contribution >= 0.6 is 0 Å². The molecular formula is C64H38N4O2. The molecule has 0 aliphatic heterocycles. The molecule has 0 atom stereocenters. The van der Waals surface area contributed by atoms with E-state index in [-0.39, 0.29) is 0 Å². The summed E-state index contributed by atoms with van der Waals surface area (Å²) in [7, 11) is 0. The summed E-state index contributed by atoms with van der Waals surface area (Å²) in [6, 6.07) is 81.3. The van der Waals surface area contributed by atoms with Gasteiger partial charge in [-0.1, -0.05) is 127 Å². The van der Waals surface area contributed by atoms with Crippen LogP contribution < -0.4 is 0 Å². The fraction of sp³-hybridized carbons (Fsp3) is 0. The molecule has 5 heterocycles. The number of hydrogen-bond acceptors (Lipinski definition) is 4. The Morgan fingerprint density at radius 1 is 0.257 bits per heavy atom. The Morgan fingerprint density at radius 3 is 1.39 bits per heavy atom. The number of benzene rings is 10. The van der Waals surface area contributed by atoms with Crippen molar-refractivity contribution < 1.29 is 8.83 Å². The summed E-state index contributed by atoms with van der Waals surface area (Å²) in [6.45, 7) is 0. The molecule has 0 amide bonds. The van der Waals surface area contributed by atoms with Crippen LogP contribution in [0.15, 0.2) is 239 Å². The maximum atomic E-state index is 6.64. The molecule has 0 aliphatic carbocycles. The highest BCUT2D eigenvalue weighted by molar-refractivity contribution is 6.19. The molecule has 6 heteroatoms. The van der Waals surface area contributed by atoms with Gasteiger partial charge in [0.1, 0.15) is 22.3 Å². The van der Waals surface area contributed by atoms with E-state index >= 15 is 0 Å². The van der Waals surface area contributed by atoms with Crippen molar-refractivity contribution in [3.05, 3.63) is 231 Å². The van der Waals surface area contributed by atoms with E-state index < -0.39 is 0 Å². The molecule has 0 radical (unpaired) electrons. The van der Waals surface area contributed by atoms with Crippen molar-refractivity contribution in [3.8, 4) is 56.4 Å². The first kappa shape index (κ1) is 38.6. The lowest BCUT2D eigenvalue weighted by molar-refractivity contribution is 0.669. The average Bonchev–Trinajstić information content (AvgIpc) is 4.17. The number of fused-ring (bicyclic) bond motifs is 12. The lowest BCUT2D eigenvalue weighted by atomic mass is 10.00. The quantitative estimate of drug-likeness (QED) is 0.167. The van der Waals surface area contributed by atoms with Crippen molar-refractivity contribution in [2.45, 2.75) is 0 Å². The van der Waals surface area contributed by atoms with Gasteiger partial charge in [0.05, 0.1) is 33.5 Å². The molecule has 10 aromatic carbocycles. The predicted octanol–water partition coefficient (Wildman–Crippen LogP) is 17.1. The topological polar surface area (TPSA) is 61.9 Å². The van der Waals surface area contributed by atoms with E-state index in [1.807, 2.05) is 48.5 Å². The molecule has 0 unspecified atom stereocenters. The largest absolute Gasteiger partial charge is 0.456 e. The van der Waals surface area contributed by atoms with Gasteiger partial charge in [-0.05, 0) is 102 Å². The monoisotopic (exact) mass is 894 g/mol. The van der Waals surface area contributed by atoms with Gasteiger partial charge in [0.25, 0.3) is 0 Å². The second-order valence-electron chi connectivity index (χ2n) is 18.1. The summed E-state index contributed by atoms with van der Waals surface area (Å²) in [5.41, 5.74) is 17.1. The zero-order valence-corrected chi connectivity index (χ0v) is 37.5. The third-order valence-corrected chi connectivity index (χ3v) is 14.1. The molecule has 0 N–H and O–H groups in total. The molecule has 15 rings (SSSR count). The molecular weight excluding hydrogens is 857 g/mol. The van der Waals surface area contributed by atoms with Gasteiger partial charge in [0.2, 0.25) is 0 Å². The zero-order valence-electron chi connectivity index (χ0n) is 37.5. The van der Waals surface area contributed by atoms with E-state index in [1.165, 1.54) is 16.3 Å². The van der Waals surface area contributed by atoms with Crippen molar-refractivity contribution in [1.29, 1.82) is 0 Å². The summed E-state index contributed by atoms with van der Waals surface area (Å²) in [5, 5.41) is 9.11. The fourth-order valence-electron chi connectivity index (χ4n) is 10.8. The molecule has 0 fully saturated rings. The van der Waals surface area contributed by atoms with Crippen molar-refractivity contribution in [1.82, 2.24) is 19.1 Å². The Bertz CT molecular complexity index is 4510. The number of rotatable bonds is 6. The number of para-hydroxylation sites is 3. The SMILES string of the molecule is c1ccc(-c2cc(-c3ccccc3)nc(-c3ccc(-n4c5ccc(-c6ccc7oc8cc9c(cc8c7c6)c6ccccc6n9-c6ccccc6)cc5c5cc6c(cc54)oc4ccccc46)cc3)n2)cc1. The number of nitrogens with zero attached hydrogens (tertiary/aromatic N) is 4. The third-order valence-electron chi connectivity index (χ3n) is 14.1. The van der Waals surface area contributed by atoms with Crippen LogP contribution in [0.1, 0.15) is 0 Å². The smallest absolute Gasteiger partial charge is 0.160 e. The number of aromatic nitrogens is 4. The summed E-state index contributed by atoms with van der Waals surface area (Å²) in [6.07, 6.45) is 0. The van der Waals surface area contributed by atoms with Crippen LogP contribution in [-0.2, 0) is 0 Å². The second-order valence-corrected chi connectivity index (χ2v) is 18.1. The van der Waals surface area contributed by atoms with Crippen LogP contribution in [0.25, 0.3) is 144 Å². The van der Waals surface area contributed by atoms with E-state index in [0.29, 0.717) is 5.82 Å². The molecule has 0 aliphatic rings. The maximum Gasteiger partial charge on any atom is 0.160 e. The highest BCUT2D eigenvalue weighted by Gasteiger charge is 2.20. The Morgan fingerprint density at radius 2 is 0.714 bits per heavy atom. The van der Waals surface area contributed by atoms with Crippen LogP contribution in [0.5, 0.6) is 0 Å². The molecule has 70 heavy (non-hydrogen) atoms. The van der Waals surface area contributed by atoms with Crippen LogP contribution in [0.4, 0.5) is 0 Å². The van der Waals surface area contributed by atoms with Gasteiger partial charge in [-0.15, -0.1) is 0 Å². The summed E-state index contributed by atoms with van der Waals surface area (Å²) in [5.74, 6) is 0.674. The molecule has 326 valence electrons. The number of furan rings is 2. The van der Waals surface area contributed by atoms with Crippen LogP contribution in [0.2, 0.25) is 0 Å². The second kappa shape index (κ2) is 15.0. The lowest BCUT2D eigenvalue weighted by Gasteiger charge is -2.11. The Kier molecular flexibility index (Phi) is 8.26. The van der Waals surface area contributed by atoms with Gasteiger partial charge in [0.15, 0.2) is 5.82 Å². The maximum absolute atomic E-state index is 6.64. The minimum atomic E-state index is 0.674. The highest BCUT2D eigenvalue weighted by Crippen LogP contribution is 2.43. The van der Waals surface area contributed by atoms with Gasteiger partial charge >= 0.3 is 0 Å². The van der Waals surface area contributed by atoms with Crippen LogP contribution in [0.3, 0.4) is 0 Å². The van der Waals surface area contributed by atoms with Crippen LogP contribution in [-0.4, -0.2) is 19.1 Å². The van der Waals surface area contributed by atoms with E-state index in [1.54, 1.807) is 0 Å². The zero-order chi connectivity index (χ0) is 45.9. The normalized spacial score (nSPS) is 12.0. The predicted molar refractivity (Wildman–Crippen MR) is 287 cm³/mol. The molecule has 0 saturated carbocycles. The van der Waals surface area contributed by atoms with Gasteiger partial charge in [-0.2, -0.15) is 0 Å². The van der Waals surface area contributed by atoms with Crippen molar-refractivity contribution in [2.24, 2.45) is 0 Å². The molecule has 0 bridgehead atoms. The molecule has 0 saturated heterocycles. The van der Waals surface area contributed by atoms with E-state index in [4.69, 9.17) is 18.8 Å². The van der Waals surface area contributed by atoms with Gasteiger partial charge < -0.3 is 18.0 Å². The van der Waals surface area contributed by atoms with Gasteiger partial charge in [-0.3, -0.25) is 0 Å². The lowest BCUT2D eigenvalue weighted by Crippen LogP contribution is -1.97. The fourth-order valence-corrected chi connectivity index (χ4v) is 10.8. The third kappa shape index (κ3) is 5.93. The van der Waals surface area contributed by atoms with Gasteiger partial charge in [-0.25, -0.2) is 9.97 Å². The minimum absolute atomic E-state index is 0.674. The summed E-state index contributed by atoms with van der Waals surface area (Å²) >= 11 is 0. The average molecular weight is 895 g/mol. The van der Waals surface area contributed by atoms with Crippen molar-refractivity contribution in [3.63, 3.8) is 0 Å². The Hall–Kier alpha value is -9.52. The first-order valence-corrected chi connectivity index (χ1v) is 23.6. The highest BCUT2D eigenvalue weighted by atomic mass is 16.3. The van der Waals surface area contributed by atoms with Gasteiger partial charge in [0, 0.05) is 83.3 Å². The first-order valence-electron chi connectivity index (χ1n) is 23.6. The van der Waals surface area contributed by atoms with E-state index in [2.05, 4.69) is 191 Å². The van der Waals surface area contributed by atoms with Crippen LogP contribution in [0, 0.1) is 0 Å². The standard InChI is InChI=1S/C64H38N4O2/c1-4-14-39(15-5-1)54-36-55(40-16-6-2-7-17-40)66-64(65-54)41-24-28-45(29-25-41)68-57-30-26-42(32-48(57)50-35-52-47-21-11-13-23-60(47)69-62(52)38-59(50)68)43-27-31-61-51(33-43)53-34-49-46-20-10-12-22-56(46)67(44-18-8-3-9-19-44)58(49)37-63(53)70-61/h1-38H. The molecule has 6 nitrogen and oxygen atoms in total. The first-order chi connectivity index (χ1) is 34.7. The van der Waals surface area contributed by atoms with E-state index in [0.717, 1.165) is 122 Å². The summed E-state index contributed by atoms with van der Waals surface area (Å²) < 4.78 is 17.8. The Balaban J connectivity index is 0.886. The van der Waals surface area contributed by atoms with E-state index in [9.17, 15) is 0 Å². The molecule has 5 aromatic heterocycles. The van der Waals surface area contributed by atoms with Crippen molar-refractivity contribution in [2.75, 3.05) is 0 Å². The van der Waals surface area contributed by atoms with Crippen molar-refractivity contribution >= 4 is 87.5 Å². The number of hydrogen-bond donors (Lipinski definition) is 0. The summed E-state index contributed by atoms with van der Waals surface area (Å²) in [4.78, 5) is 10.2. The minimum Gasteiger partial charge on any atom is -0.456 e. The molecule has 15 aromatic rings. The molecule has 0 spiro atoms.